The lowest BCUT2D eigenvalue weighted by molar-refractivity contribution is 0.153. The summed E-state index contributed by atoms with van der Waals surface area (Å²) in [5, 5.41) is 3.89. The van der Waals surface area contributed by atoms with Gasteiger partial charge in [0.2, 0.25) is 0 Å². The second kappa shape index (κ2) is 8.37. The van der Waals surface area contributed by atoms with Gasteiger partial charge in [0.1, 0.15) is 11.9 Å². The zero-order chi connectivity index (χ0) is 22.4. The van der Waals surface area contributed by atoms with Crippen LogP contribution in [-0.2, 0) is 13.5 Å². The molecule has 0 amide bonds. The first-order chi connectivity index (χ1) is 15.4. The van der Waals surface area contributed by atoms with Crippen LogP contribution in [0.2, 0.25) is 5.02 Å². The van der Waals surface area contributed by atoms with Crippen LogP contribution in [0.4, 0.5) is 8.78 Å². The van der Waals surface area contributed by atoms with Gasteiger partial charge in [0, 0.05) is 42.1 Å². The van der Waals surface area contributed by atoms with Gasteiger partial charge in [0.25, 0.3) is 0 Å². The quantitative estimate of drug-likeness (QED) is 0.602. The highest BCUT2D eigenvalue weighted by molar-refractivity contribution is 6.30. The van der Waals surface area contributed by atoms with Crippen LogP contribution in [0, 0.1) is 11.6 Å². The molecule has 0 spiro atoms. The SMILES string of the molecule is Cn1ccn(-c2ccc(O[C@H]3c4cc(Cl)cc(F)c4C[C@H]3NC3CCCC3)c(F)c2)c1=O. The molecule has 0 radical (unpaired) electrons. The maximum absolute atomic E-state index is 15.0. The maximum Gasteiger partial charge on any atom is 0.332 e. The number of benzene rings is 2. The van der Waals surface area contributed by atoms with Gasteiger partial charge in [0.15, 0.2) is 11.6 Å². The molecule has 1 aromatic heterocycles. The lowest BCUT2D eigenvalue weighted by Crippen LogP contribution is -2.41. The van der Waals surface area contributed by atoms with Gasteiger partial charge in [0.05, 0.1) is 11.7 Å². The van der Waals surface area contributed by atoms with Gasteiger partial charge >= 0.3 is 5.69 Å². The summed E-state index contributed by atoms with van der Waals surface area (Å²) >= 11 is 6.13. The van der Waals surface area contributed by atoms with Crippen molar-refractivity contribution in [3.63, 3.8) is 0 Å². The van der Waals surface area contributed by atoms with Gasteiger partial charge in [-0.2, -0.15) is 0 Å². The topological polar surface area (TPSA) is 48.2 Å². The number of hydrogen-bond donors (Lipinski definition) is 1. The molecule has 3 aromatic rings. The summed E-state index contributed by atoms with van der Waals surface area (Å²) in [6, 6.07) is 7.58. The van der Waals surface area contributed by atoms with Gasteiger partial charge < -0.3 is 14.6 Å². The van der Waals surface area contributed by atoms with Gasteiger partial charge in [-0.05, 0) is 49.1 Å². The van der Waals surface area contributed by atoms with E-state index in [0.29, 0.717) is 29.3 Å². The number of ether oxygens (including phenoxy) is 1. The molecule has 1 saturated carbocycles. The second-order valence-corrected chi connectivity index (χ2v) is 9.07. The van der Waals surface area contributed by atoms with Crippen molar-refractivity contribution < 1.29 is 13.5 Å². The summed E-state index contributed by atoms with van der Waals surface area (Å²) < 4.78 is 38.6. The summed E-state index contributed by atoms with van der Waals surface area (Å²) in [7, 11) is 1.63. The molecule has 1 fully saturated rings. The van der Waals surface area contributed by atoms with E-state index >= 15 is 4.39 Å². The molecule has 8 heteroatoms. The van der Waals surface area contributed by atoms with E-state index in [2.05, 4.69) is 5.32 Å². The average Bonchev–Trinajstić information content (AvgIpc) is 3.46. The Labute approximate surface area is 189 Å². The van der Waals surface area contributed by atoms with Crippen molar-refractivity contribution in [1.82, 2.24) is 14.5 Å². The Kier molecular flexibility index (Phi) is 5.55. The lowest BCUT2D eigenvalue weighted by atomic mass is 10.1. The fraction of sp³-hybridized carbons (Fsp3) is 0.375. The minimum absolute atomic E-state index is 0.0502. The predicted octanol–water partition coefficient (Wildman–Crippen LogP) is 4.68. The summed E-state index contributed by atoms with van der Waals surface area (Å²) in [6.45, 7) is 0. The molecule has 0 unspecified atom stereocenters. The summed E-state index contributed by atoms with van der Waals surface area (Å²) in [5.74, 6) is -0.904. The van der Waals surface area contributed by atoms with Crippen molar-refractivity contribution in [3.05, 3.63) is 81.0 Å². The average molecular weight is 460 g/mol. The zero-order valence-electron chi connectivity index (χ0n) is 17.7. The second-order valence-electron chi connectivity index (χ2n) is 8.63. The number of imidazole rings is 1. The number of halogens is 3. The molecule has 2 aromatic carbocycles. The van der Waals surface area contributed by atoms with Crippen LogP contribution < -0.4 is 15.7 Å². The summed E-state index contributed by atoms with van der Waals surface area (Å²) in [6.07, 6.45) is 7.54. The van der Waals surface area contributed by atoms with Gasteiger partial charge in [-0.15, -0.1) is 0 Å². The minimum Gasteiger partial charge on any atom is -0.481 e. The monoisotopic (exact) mass is 459 g/mol. The van der Waals surface area contributed by atoms with Crippen molar-refractivity contribution >= 4 is 11.6 Å². The van der Waals surface area contributed by atoms with Crippen molar-refractivity contribution in [2.75, 3.05) is 0 Å². The van der Waals surface area contributed by atoms with E-state index in [1.54, 1.807) is 31.6 Å². The first-order valence-corrected chi connectivity index (χ1v) is 11.2. The maximum atomic E-state index is 15.0. The molecule has 5 nitrogen and oxygen atoms in total. The Morgan fingerprint density at radius 1 is 1.09 bits per heavy atom. The third-order valence-corrected chi connectivity index (χ3v) is 6.71. The van der Waals surface area contributed by atoms with E-state index in [9.17, 15) is 9.18 Å². The van der Waals surface area contributed by atoms with Gasteiger partial charge in [-0.1, -0.05) is 24.4 Å². The molecule has 1 heterocycles. The number of fused-ring (bicyclic) bond motifs is 1. The summed E-state index contributed by atoms with van der Waals surface area (Å²) in [4.78, 5) is 12.2. The summed E-state index contributed by atoms with van der Waals surface area (Å²) in [5.41, 5.74) is 1.34. The van der Waals surface area contributed by atoms with Crippen molar-refractivity contribution in [1.29, 1.82) is 0 Å². The van der Waals surface area contributed by atoms with Crippen LogP contribution in [0.1, 0.15) is 42.9 Å². The standard InChI is InChI=1S/C24H24ClF2N3O2/c1-29-8-9-30(24(29)31)16-6-7-22(20(27)12-16)32-23-18-10-14(25)11-19(26)17(18)13-21(23)28-15-4-2-3-5-15/h6-12,15,21,23,28H,2-5,13H2,1H3/t21-,23+/m1/s1. The Hall–Kier alpha value is -2.64. The zero-order valence-corrected chi connectivity index (χ0v) is 18.4. The molecular weight excluding hydrogens is 436 g/mol. The molecule has 2 atom stereocenters. The highest BCUT2D eigenvalue weighted by Gasteiger charge is 2.38. The Morgan fingerprint density at radius 2 is 1.88 bits per heavy atom. The fourth-order valence-electron chi connectivity index (χ4n) is 4.86. The van der Waals surface area contributed by atoms with E-state index in [4.69, 9.17) is 16.3 Å². The molecule has 168 valence electrons. The number of rotatable bonds is 5. The fourth-order valence-corrected chi connectivity index (χ4v) is 5.07. The predicted molar refractivity (Wildman–Crippen MR) is 119 cm³/mol. The number of aryl methyl sites for hydroxylation is 1. The largest absolute Gasteiger partial charge is 0.481 e. The Bertz CT molecular complexity index is 1220. The highest BCUT2D eigenvalue weighted by atomic mass is 35.5. The molecule has 32 heavy (non-hydrogen) atoms. The van der Waals surface area contributed by atoms with Crippen LogP contribution in [-0.4, -0.2) is 21.2 Å². The van der Waals surface area contributed by atoms with Crippen LogP contribution in [0.15, 0.2) is 47.5 Å². The third kappa shape index (κ3) is 3.84. The van der Waals surface area contributed by atoms with Crippen LogP contribution in [0.3, 0.4) is 0 Å². The number of nitrogens with one attached hydrogen (secondary N) is 1. The molecule has 2 aliphatic rings. The van der Waals surface area contributed by atoms with E-state index < -0.39 is 11.9 Å². The lowest BCUT2D eigenvalue weighted by Gasteiger charge is -2.26. The first kappa shape index (κ1) is 21.2. The molecule has 0 aliphatic heterocycles. The molecule has 2 aliphatic carbocycles. The smallest absolute Gasteiger partial charge is 0.332 e. The van der Waals surface area contributed by atoms with Crippen molar-refractivity contribution in [2.45, 2.75) is 50.3 Å². The molecular formula is C24H24ClF2N3O2. The minimum atomic E-state index is -0.589. The van der Waals surface area contributed by atoms with Gasteiger partial charge in [-0.3, -0.25) is 4.57 Å². The van der Waals surface area contributed by atoms with E-state index in [-0.39, 0.29) is 28.3 Å². The molecule has 5 rings (SSSR count). The Morgan fingerprint density at radius 3 is 2.56 bits per heavy atom. The number of hydrogen-bond acceptors (Lipinski definition) is 3. The molecule has 0 saturated heterocycles. The molecule has 0 bridgehead atoms. The first-order valence-electron chi connectivity index (χ1n) is 10.8. The van der Waals surface area contributed by atoms with Crippen molar-refractivity contribution in [2.24, 2.45) is 7.05 Å². The van der Waals surface area contributed by atoms with Gasteiger partial charge in [-0.25, -0.2) is 13.6 Å². The van der Waals surface area contributed by atoms with E-state index in [0.717, 1.165) is 25.7 Å². The number of nitrogens with zero attached hydrogens (tertiary/aromatic N) is 2. The van der Waals surface area contributed by atoms with Crippen LogP contribution in [0.5, 0.6) is 5.75 Å². The molecule has 1 N–H and O–H groups in total. The third-order valence-electron chi connectivity index (χ3n) is 6.49. The van der Waals surface area contributed by atoms with Crippen LogP contribution in [0.25, 0.3) is 5.69 Å². The van der Waals surface area contributed by atoms with Crippen molar-refractivity contribution in [3.8, 4) is 11.4 Å². The Balaban J connectivity index is 1.46. The highest BCUT2D eigenvalue weighted by Crippen LogP contribution is 2.40. The van der Waals surface area contributed by atoms with E-state index in [1.807, 2.05) is 0 Å². The van der Waals surface area contributed by atoms with E-state index in [1.165, 1.54) is 27.3 Å². The normalized spacial score (nSPS) is 20.6. The van der Waals surface area contributed by atoms with Crippen LogP contribution >= 0.6 is 11.6 Å². The number of aromatic nitrogens is 2.